The van der Waals surface area contributed by atoms with E-state index < -0.39 is 5.92 Å². The molecule has 0 radical (unpaired) electrons. The van der Waals surface area contributed by atoms with Crippen LogP contribution in [0.2, 0.25) is 0 Å². The molecule has 0 N–H and O–H groups in total. The number of hydrogen-bond acceptors (Lipinski definition) is 2. The fourth-order valence-corrected chi connectivity index (χ4v) is 2.92. The van der Waals surface area contributed by atoms with Crippen molar-refractivity contribution in [3.05, 3.63) is 46.6 Å². The van der Waals surface area contributed by atoms with E-state index in [1.165, 1.54) is 36.1 Å². The largest absolute Gasteiger partial charge is 0.299 e. The highest BCUT2D eigenvalue weighted by molar-refractivity contribution is 6.00. The molecule has 0 unspecified atom stereocenters. The van der Waals surface area contributed by atoms with Crippen LogP contribution in [0.15, 0.2) is 46.6 Å². The lowest BCUT2D eigenvalue weighted by Crippen LogP contribution is -2.18. The summed E-state index contributed by atoms with van der Waals surface area (Å²) in [6, 6.07) is 0. The summed E-state index contributed by atoms with van der Waals surface area (Å²) >= 11 is 0. The lowest BCUT2D eigenvalue weighted by atomic mass is 9.95. The van der Waals surface area contributed by atoms with Crippen LogP contribution in [-0.2, 0) is 9.59 Å². The van der Waals surface area contributed by atoms with Crippen LogP contribution in [0.25, 0.3) is 0 Å². The molecule has 0 aromatic heterocycles. The van der Waals surface area contributed by atoms with Crippen molar-refractivity contribution in [3.63, 3.8) is 0 Å². The Bertz CT molecular complexity index is 582. The summed E-state index contributed by atoms with van der Waals surface area (Å²) in [4.78, 5) is 22.9. The molecular formula is C25H40O2. The fraction of sp³-hybridized carbons (Fsp3) is 0.600. The van der Waals surface area contributed by atoms with E-state index in [0.717, 1.165) is 38.5 Å². The van der Waals surface area contributed by atoms with Crippen LogP contribution in [0.4, 0.5) is 0 Å². The highest BCUT2D eigenvalue weighted by Gasteiger charge is 2.17. The Morgan fingerprint density at radius 2 is 0.963 bits per heavy atom. The van der Waals surface area contributed by atoms with E-state index in [2.05, 4.69) is 58.9 Å². The van der Waals surface area contributed by atoms with Crippen LogP contribution in [0.5, 0.6) is 0 Å². The molecule has 0 saturated carbocycles. The third-order valence-corrected chi connectivity index (χ3v) is 4.84. The van der Waals surface area contributed by atoms with Gasteiger partial charge in [0.25, 0.3) is 0 Å². The Morgan fingerprint density at radius 3 is 1.33 bits per heavy atom. The van der Waals surface area contributed by atoms with Gasteiger partial charge in [-0.15, -0.1) is 0 Å². The molecule has 0 aliphatic rings. The smallest absolute Gasteiger partial charge is 0.140 e. The molecule has 0 aliphatic carbocycles. The van der Waals surface area contributed by atoms with Gasteiger partial charge in [-0.2, -0.15) is 0 Å². The highest BCUT2D eigenvalue weighted by atomic mass is 16.1. The zero-order valence-corrected chi connectivity index (χ0v) is 18.7. The van der Waals surface area contributed by atoms with Crippen molar-refractivity contribution < 1.29 is 9.59 Å². The van der Waals surface area contributed by atoms with Gasteiger partial charge in [-0.3, -0.25) is 9.59 Å². The van der Waals surface area contributed by atoms with Gasteiger partial charge in [-0.1, -0.05) is 46.6 Å². The summed E-state index contributed by atoms with van der Waals surface area (Å²) < 4.78 is 0. The molecule has 2 heteroatoms. The zero-order chi connectivity index (χ0) is 20.8. The van der Waals surface area contributed by atoms with Crippen LogP contribution in [0.1, 0.15) is 93.4 Å². The second-order valence-corrected chi connectivity index (χ2v) is 8.06. The molecule has 0 amide bonds. The minimum atomic E-state index is -0.469. The molecule has 0 rings (SSSR count). The Labute approximate surface area is 167 Å². The minimum absolute atomic E-state index is 0.0357. The summed E-state index contributed by atoms with van der Waals surface area (Å²) in [6.45, 7) is 13.8. The van der Waals surface area contributed by atoms with E-state index in [4.69, 9.17) is 0 Å². The summed E-state index contributed by atoms with van der Waals surface area (Å²) in [7, 11) is 0. The fourth-order valence-electron chi connectivity index (χ4n) is 2.92. The second kappa shape index (κ2) is 14.4. The summed E-state index contributed by atoms with van der Waals surface area (Å²) in [5.41, 5.74) is 5.55. The van der Waals surface area contributed by atoms with Crippen molar-refractivity contribution >= 4 is 11.6 Å². The number of ketones is 2. The first-order chi connectivity index (χ1) is 12.6. The predicted octanol–water partition coefficient (Wildman–Crippen LogP) is 7.32. The summed E-state index contributed by atoms with van der Waals surface area (Å²) in [5.74, 6) is -0.540. The van der Waals surface area contributed by atoms with Gasteiger partial charge in [0.1, 0.15) is 11.6 Å². The Morgan fingerprint density at radius 1 is 0.593 bits per heavy atom. The molecule has 2 nitrogen and oxygen atoms in total. The predicted molar refractivity (Wildman–Crippen MR) is 118 cm³/mol. The van der Waals surface area contributed by atoms with Crippen molar-refractivity contribution in [2.75, 3.05) is 0 Å². The van der Waals surface area contributed by atoms with Crippen molar-refractivity contribution in [1.82, 2.24) is 0 Å². The van der Waals surface area contributed by atoms with E-state index in [0.29, 0.717) is 6.42 Å². The van der Waals surface area contributed by atoms with Gasteiger partial charge in [-0.05, 0) is 93.4 Å². The molecule has 0 saturated heterocycles. The van der Waals surface area contributed by atoms with E-state index in [1.807, 2.05) is 0 Å². The van der Waals surface area contributed by atoms with Gasteiger partial charge in [0.05, 0.1) is 5.92 Å². The van der Waals surface area contributed by atoms with Gasteiger partial charge in [0.15, 0.2) is 0 Å². The average Bonchev–Trinajstić information content (AvgIpc) is 2.53. The number of carbonyl (C=O) groups excluding carboxylic acids is 2. The number of rotatable bonds is 13. The SMILES string of the molecule is CC(=O)C(CC=C(C)CCC=C(C)CCC=C(C)CCC=C(C)C)C(C)=O. The Hall–Kier alpha value is -1.70. The number of hydrogen-bond donors (Lipinski definition) is 0. The van der Waals surface area contributed by atoms with Crippen molar-refractivity contribution in [1.29, 1.82) is 0 Å². The number of Topliss-reactive ketones (excluding diaryl/α,β-unsaturated/α-hetero) is 2. The van der Waals surface area contributed by atoms with Crippen molar-refractivity contribution in [2.45, 2.75) is 93.4 Å². The molecule has 0 aromatic rings. The molecule has 0 aromatic carbocycles. The van der Waals surface area contributed by atoms with E-state index in [-0.39, 0.29) is 11.6 Å². The van der Waals surface area contributed by atoms with Gasteiger partial charge in [0, 0.05) is 0 Å². The molecule has 27 heavy (non-hydrogen) atoms. The zero-order valence-electron chi connectivity index (χ0n) is 18.7. The highest BCUT2D eigenvalue weighted by Crippen LogP contribution is 2.15. The van der Waals surface area contributed by atoms with Crippen LogP contribution in [0.3, 0.4) is 0 Å². The summed E-state index contributed by atoms with van der Waals surface area (Å²) in [5, 5.41) is 0. The van der Waals surface area contributed by atoms with E-state index >= 15 is 0 Å². The van der Waals surface area contributed by atoms with Crippen molar-refractivity contribution in [2.24, 2.45) is 5.92 Å². The Balaban J connectivity index is 4.24. The topological polar surface area (TPSA) is 34.1 Å². The molecular weight excluding hydrogens is 332 g/mol. The lowest BCUT2D eigenvalue weighted by molar-refractivity contribution is -0.130. The van der Waals surface area contributed by atoms with E-state index in [9.17, 15) is 9.59 Å². The quantitative estimate of drug-likeness (QED) is 0.251. The normalized spacial score (nSPS) is 13.1. The van der Waals surface area contributed by atoms with Crippen LogP contribution >= 0.6 is 0 Å². The van der Waals surface area contributed by atoms with Gasteiger partial charge in [0.2, 0.25) is 0 Å². The van der Waals surface area contributed by atoms with Gasteiger partial charge in [-0.25, -0.2) is 0 Å². The van der Waals surface area contributed by atoms with Crippen LogP contribution in [-0.4, -0.2) is 11.6 Å². The molecule has 0 atom stereocenters. The van der Waals surface area contributed by atoms with Crippen molar-refractivity contribution in [3.8, 4) is 0 Å². The first-order valence-corrected chi connectivity index (χ1v) is 10.2. The summed E-state index contributed by atoms with van der Waals surface area (Å²) in [6.07, 6.45) is 16.1. The third kappa shape index (κ3) is 14.1. The number of allylic oxidation sites excluding steroid dienone is 8. The first-order valence-electron chi connectivity index (χ1n) is 10.2. The average molecular weight is 373 g/mol. The molecule has 0 aliphatic heterocycles. The standard InChI is InChI=1S/C25H40O2/c1-19(2)11-8-12-20(3)13-9-14-21(4)15-10-16-22(5)17-18-25(23(6)26)24(7)27/h11,13,15,17,25H,8-10,12,14,16,18H2,1-7H3. The van der Waals surface area contributed by atoms with Gasteiger partial charge < -0.3 is 0 Å². The Kier molecular flexibility index (Phi) is 13.5. The van der Waals surface area contributed by atoms with Gasteiger partial charge >= 0.3 is 0 Å². The first kappa shape index (κ1) is 25.3. The number of carbonyl (C=O) groups is 2. The molecule has 0 fully saturated rings. The van der Waals surface area contributed by atoms with Crippen LogP contribution in [0, 0.1) is 5.92 Å². The minimum Gasteiger partial charge on any atom is -0.299 e. The molecule has 152 valence electrons. The second-order valence-electron chi connectivity index (χ2n) is 8.06. The molecule has 0 spiro atoms. The molecule has 0 heterocycles. The van der Waals surface area contributed by atoms with Crippen LogP contribution < -0.4 is 0 Å². The maximum atomic E-state index is 11.5. The lowest BCUT2D eigenvalue weighted by Gasteiger charge is -2.07. The maximum absolute atomic E-state index is 11.5. The van der Waals surface area contributed by atoms with E-state index in [1.54, 1.807) is 0 Å². The molecule has 0 bridgehead atoms. The third-order valence-electron chi connectivity index (χ3n) is 4.84. The monoisotopic (exact) mass is 372 g/mol. The maximum Gasteiger partial charge on any atom is 0.140 e.